The Labute approximate surface area is 136 Å². The average molecular weight is 330 g/mol. The first kappa shape index (κ1) is 13.8. The Hall–Kier alpha value is -1.89. The monoisotopic (exact) mass is 330 g/mol. The van der Waals surface area contributed by atoms with Crippen LogP contribution in [0.2, 0.25) is 0 Å². The van der Waals surface area contributed by atoms with Crippen LogP contribution in [-0.4, -0.2) is 11.8 Å². The maximum atomic E-state index is 5.39. The van der Waals surface area contributed by atoms with Crippen LogP contribution >= 0.6 is 22.7 Å². The molecule has 1 aromatic carbocycles. The van der Waals surface area contributed by atoms with E-state index in [9.17, 15) is 0 Å². The van der Waals surface area contributed by atoms with Crippen molar-refractivity contribution in [1.29, 1.82) is 0 Å². The number of rotatable bonds is 5. The molecule has 3 aromatic rings. The molecule has 0 spiro atoms. The lowest BCUT2D eigenvalue weighted by Gasteiger charge is -2.04. The molecule has 0 radical (unpaired) electrons. The SMILES string of the molecule is c1csc(-c2cnc(CNCc3ccc4c(c3)OCO4)s2)c1. The molecule has 0 atom stereocenters. The molecular formula is C16H14N2O2S2. The zero-order valence-electron chi connectivity index (χ0n) is 11.7. The van der Waals surface area contributed by atoms with Crippen LogP contribution in [0.4, 0.5) is 0 Å². The number of hydrogen-bond acceptors (Lipinski definition) is 6. The Morgan fingerprint density at radius 3 is 2.95 bits per heavy atom. The van der Waals surface area contributed by atoms with Crippen molar-refractivity contribution >= 4 is 22.7 Å². The molecule has 2 aromatic heterocycles. The Balaban J connectivity index is 1.35. The van der Waals surface area contributed by atoms with E-state index in [2.05, 4.69) is 33.9 Å². The summed E-state index contributed by atoms with van der Waals surface area (Å²) < 4.78 is 10.7. The lowest BCUT2D eigenvalue weighted by Crippen LogP contribution is -2.12. The summed E-state index contributed by atoms with van der Waals surface area (Å²) in [5.41, 5.74) is 1.18. The average Bonchev–Trinajstić information content (AvgIpc) is 3.28. The Kier molecular flexibility index (Phi) is 3.80. The van der Waals surface area contributed by atoms with Gasteiger partial charge in [-0.25, -0.2) is 4.98 Å². The molecule has 0 saturated carbocycles. The fourth-order valence-electron chi connectivity index (χ4n) is 2.29. The van der Waals surface area contributed by atoms with Gasteiger partial charge in [0.15, 0.2) is 11.5 Å². The topological polar surface area (TPSA) is 43.4 Å². The molecule has 0 aliphatic carbocycles. The van der Waals surface area contributed by atoms with E-state index in [0.717, 1.165) is 29.6 Å². The van der Waals surface area contributed by atoms with E-state index in [0.29, 0.717) is 6.79 Å². The maximum Gasteiger partial charge on any atom is 0.231 e. The van der Waals surface area contributed by atoms with Crippen molar-refractivity contribution in [2.75, 3.05) is 6.79 Å². The van der Waals surface area contributed by atoms with Gasteiger partial charge in [-0.2, -0.15) is 0 Å². The summed E-state index contributed by atoms with van der Waals surface area (Å²) in [6.45, 7) is 1.87. The highest BCUT2D eigenvalue weighted by Crippen LogP contribution is 2.32. The predicted molar refractivity (Wildman–Crippen MR) is 88.5 cm³/mol. The molecule has 0 bridgehead atoms. The van der Waals surface area contributed by atoms with Crippen molar-refractivity contribution in [3.05, 3.63) is 52.5 Å². The number of hydrogen-bond donors (Lipinski definition) is 1. The molecule has 1 N–H and O–H groups in total. The fraction of sp³-hybridized carbons (Fsp3) is 0.188. The summed E-state index contributed by atoms with van der Waals surface area (Å²) >= 11 is 3.48. The largest absolute Gasteiger partial charge is 0.454 e. The molecule has 4 nitrogen and oxygen atoms in total. The van der Waals surface area contributed by atoms with E-state index < -0.39 is 0 Å². The minimum atomic E-state index is 0.316. The van der Waals surface area contributed by atoms with Crippen molar-refractivity contribution in [3.63, 3.8) is 0 Å². The molecule has 4 rings (SSSR count). The van der Waals surface area contributed by atoms with Crippen LogP contribution in [-0.2, 0) is 13.1 Å². The van der Waals surface area contributed by atoms with Crippen LogP contribution in [0.15, 0.2) is 41.9 Å². The molecule has 0 fully saturated rings. The molecule has 112 valence electrons. The molecular weight excluding hydrogens is 316 g/mol. The first-order chi connectivity index (χ1) is 10.9. The number of fused-ring (bicyclic) bond motifs is 1. The number of aromatic nitrogens is 1. The second-order valence-corrected chi connectivity index (χ2v) is 6.95. The molecule has 0 saturated heterocycles. The van der Waals surface area contributed by atoms with Crippen LogP contribution in [0.25, 0.3) is 9.75 Å². The summed E-state index contributed by atoms with van der Waals surface area (Å²) in [6, 6.07) is 10.2. The minimum Gasteiger partial charge on any atom is -0.454 e. The third-order valence-electron chi connectivity index (χ3n) is 3.36. The Bertz CT molecular complexity index is 768. The zero-order chi connectivity index (χ0) is 14.8. The van der Waals surface area contributed by atoms with Gasteiger partial charge in [-0.15, -0.1) is 22.7 Å². The number of thiazole rings is 1. The number of ether oxygens (including phenoxy) is 2. The summed E-state index contributed by atoms with van der Waals surface area (Å²) in [5, 5.41) is 6.61. The zero-order valence-corrected chi connectivity index (χ0v) is 13.4. The third-order valence-corrected chi connectivity index (χ3v) is 5.42. The van der Waals surface area contributed by atoms with Gasteiger partial charge < -0.3 is 14.8 Å². The molecule has 1 aliphatic rings. The summed E-state index contributed by atoms with van der Waals surface area (Å²) in [6.07, 6.45) is 1.95. The van der Waals surface area contributed by atoms with Crippen LogP contribution in [0.5, 0.6) is 11.5 Å². The first-order valence-corrected chi connectivity index (χ1v) is 8.66. The predicted octanol–water partition coefficient (Wildman–Crippen LogP) is 3.89. The van der Waals surface area contributed by atoms with Crippen molar-refractivity contribution < 1.29 is 9.47 Å². The van der Waals surface area contributed by atoms with E-state index in [-0.39, 0.29) is 0 Å². The second-order valence-electron chi connectivity index (χ2n) is 4.89. The highest BCUT2D eigenvalue weighted by molar-refractivity contribution is 7.21. The van der Waals surface area contributed by atoms with E-state index >= 15 is 0 Å². The highest BCUT2D eigenvalue weighted by Gasteiger charge is 2.13. The second kappa shape index (κ2) is 6.08. The number of nitrogens with one attached hydrogen (secondary N) is 1. The smallest absolute Gasteiger partial charge is 0.231 e. The molecule has 1 aliphatic heterocycles. The Morgan fingerprint density at radius 1 is 1.09 bits per heavy atom. The standard InChI is InChI=1S/C16H14N2O2S2/c1-2-14(21-5-1)15-8-18-16(22-15)9-17-7-11-3-4-12-13(6-11)20-10-19-12/h1-6,8,17H,7,9-10H2. The Morgan fingerprint density at radius 2 is 2.05 bits per heavy atom. The van der Waals surface area contributed by atoms with Crippen LogP contribution in [0.1, 0.15) is 10.6 Å². The van der Waals surface area contributed by atoms with Gasteiger partial charge in [0.25, 0.3) is 0 Å². The highest BCUT2D eigenvalue weighted by atomic mass is 32.1. The van der Waals surface area contributed by atoms with E-state index in [1.54, 1.807) is 22.7 Å². The lowest BCUT2D eigenvalue weighted by atomic mass is 10.2. The normalized spacial score (nSPS) is 12.7. The maximum absolute atomic E-state index is 5.39. The van der Waals surface area contributed by atoms with Crippen molar-refractivity contribution in [2.45, 2.75) is 13.1 Å². The van der Waals surface area contributed by atoms with Crippen LogP contribution in [0.3, 0.4) is 0 Å². The number of thiophene rings is 1. The van der Waals surface area contributed by atoms with E-state index in [1.807, 2.05) is 18.3 Å². The lowest BCUT2D eigenvalue weighted by molar-refractivity contribution is 0.174. The van der Waals surface area contributed by atoms with E-state index in [4.69, 9.17) is 9.47 Å². The van der Waals surface area contributed by atoms with Gasteiger partial charge in [-0.05, 0) is 29.1 Å². The molecule has 6 heteroatoms. The van der Waals surface area contributed by atoms with Crippen LogP contribution < -0.4 is 14.8 Å². The molecule has 3 heterocycles. The minimum absolute atomic E-state index is 0.316. The summed E-state index contributed by atoms with van der Waals surface area (Å²) in [4.78, 5) is 6.99. The fourth-order valence-corrected chi connectivity index (χ4v) is 4.00. The van der Waals surface area contributed by atoms with Crippen molar-refractivity contribution in [1.82, 2.24) is 10.3 Å². The summed E-state index contributed by atoms with van der Waals surface area (Å²) in [7, 11) is 0. The van der Waals surface area contributed by atoms with Gasteiger partial charge in [0, 0.05) is 24.2 Å². The van der Waals surface area contributed by atoms with E-state index in [1.165, 1.54) is 15.3 Å². The van der Waals surface area contributed by atoms with Gasteiger partial charge in [0.1, 0.15) is 5.01 Å². The van der Waals surface area contributed by atoms with Gasteiger partial charge >= 0.3 is 0 Å². The van der Waals surface area contributed by atoms with Gasteiger partial charge in [-0.1, -0.05) is 12.1 Å². The van der Waals surface area contributed by atoms with Gasteiger partial charge in [-0.3, -0.25) is 0 Å². The van der Waals surface area contributed by atoms with Gasteiger partial charge in [0.2, 0.25) is 6.79 Å². The van der Waals surface area contributed by atoms with Crippen molar-refractivity contribution in [2.24, 2.45) is 0 Å². The van der Waals surface area contributed by atoms with Crippen LogP contribution in [0, 0.1) is 0 Å². The number of nitrogens with zero attached hydrogens (tertiary/aromatic N) is 1. The third kappa shape index (κ3) is 2.85. The molecule has 0 amide bonds. The molecule has 0 unspecified atom stereocenters. The number of benzene rings is 1. The first-order valence-electron chi connectivity index (χ1n) is 6.96. The van der Waals surface area contributed by atoms with Gasteiger partial charge in [0.05, 0.1) is 4.88 Å². The quantitative estimate of drug-likeness (QED) is 0.771. The van der Waals surface area contributed by atoms with Crippen molar-refractivity contribution in [3.8, 4) is 21.3 Å². The summed E-state index contributed by atoms with van der Waals surface area (Å²) in [5.74, 6) is 1.65. The molecule has 22 heavy (non-hydrogen) atoms.